The predicted octanol–water partition coefficient (Wildman–Crippen LogP) is 7.54. The normalized spacial score (nSPS) is 28.6. The fraction of sp³-hybridized carbons (Fsp3) is 0.500. The number of carboxylic acid groups (broad SMARTS) is 1. The number of ether oxygens (including phenoxy) is 1. The first-order valence-electron chi connectivity index (χ1n) is 14.8. The van der Waals surface area contributed by atoms with Crippen LogP contribution in [-0.2, 0) is 5.41 Å². The fourth-order valence-corrected chi connectivity index (χ4v) is 8.70. The lowest BCUT2D eigenvalue weighted by atomic mass is 9.48. The molecule has 1 heterocycles. The smallest absolute Gasteiger partial charge is 0.335 e. The van der Waals surface area contributed by atoms with Crippen molar-refractivity contribution in [2.45, 2.75) is 63.2 Å². The van der Waals surface area contributed by atoms with Gasteiger partial charge in [0.15, 0.2) is 0 Å². The maximum absolute atomic E-state index is 11.3. The van der Waals surface area contributed by atoms with Crippen molar-refractivity contribution in [2.24, 2.45) is 17.8 Å². The second kappa shape index (κ2) is 9.72. The lowest BCUT2D eigenvalue weighted by Gasteiger charge is -2.57. The molecule has 0 spiro atoms. The van der Waals surface area contributed by atoms with Gasteiger partial charge < -0.3 is 9.84 Å². The number of piperidine rings is 1. The van der Waals surface area contributed by atoms with Gasteiger partial charge in [-0.15, -0.1) is 0 Å². The summed E-state index contributed by atoms with van der Waals surface area (Å²) in [7, 11) is 0. The maximum Gasteiger partial charge on any atom is 0.335 e. The van der Waals surface area contributed by atoms with E-state index in [1.54, 1.807) is 12.1 Å². The van der Waals surface area contributed by atoms with Crippen LogP contribution in [0.25, 0.3) is 21.9 Å². The summed E-state index contributed by atoms with van der Waals surface area (Å²) in [5.41, 5.74) is 4.23. The Hall–Kier alpha value is -2.85. The van der Waals surface area contributed by atoms with Crippen molar-refractivity contribution in [3.8, 4) is 16.9 Å². The van der Waals surface area contributed by atoms with E-state index in [-0.39, 0.29) is 5.41 Å². The van der Waals surface area contributed by atoms with E-state index in [0.29, 0.717) is 5.56 Å². The Morgan fingerprint density at radius 3 is 2.13 bits per heavy atom. The number of hydrogen-bond donors (Lipinski definition) is 1. The minimum atomic E-state index is -0.886. The van der Waals surface area contributed by atoms with E-state index in [1.807, 2.05) is 12.1 Å². The molecule has 4 saturated carbocycles. The van der Waals surface area contributed by atoms with Crippen LogP contribution < -0.4 is 4.74 Å². The van der Waals surface area contributed by atoms with E-state index >= 15 is 0 Å². The van der Waals surface area contributed by atoms with Crippen LogP contribution in [0.1, 0.15) is 73.7 Å². The van der Waals surface area contributed by atoms with E-state index in [1.165, 1.54) is 87.2 Å². The Bertz CT molecular complexity index is 1300. The molecule has 4 bridgehead atoms. The highest BCUT2D eigenvalue weighted by molar-refractivity contribution is 5.91. The molecule has 0 radical (unpaired) electrons. The SMILES string of the molecule is O=C(O)c1ccc(-c2ccc3cc(OCCN4CCCCC4)c(C45CC6CC(CC(C6)C4)C5)cc3c2)cc1. The molecule has 3 aromatic carbocycles. The Labute approximate surface area is 226 Å². The molecule has 1 aliphatic heterocycles. The Kier molecular flexibility index (Phi) is 6.19. The number of hydrogen-bond acceptors (Lipinski definition) is 3. The molecule has 5 fully saturated rings. The van der Waals surface area contributed by atoms with E-state index in [4.69, 9.17) is 4.74 Å². The molecule has 5 aliphatic rings. The number of likely N-dealkylation sites (tertiary alicyclic amines) is 1. The molecule has 0 unspecified atom stereocenters. The van der Waals surface area contributed by atoms with Crippen molar-refractivity contribution in [1.29, 1.82) is 0 Å². The zero-order chi connectivity index (χ0) is 25.7. The number of carboxylic acids is 1. The average Bonchev–Trinajstić information content (AvgIpc) is 2.92. The molecule has 0 amide bonds. The Morgan fingerprint density at radius 2 is 1.47 bits per heavy atom. The second-order valence-electron chi connectivity index (χ2n) is 12.7. The molecule has 198 valence electrons. The Morgan fingerprint density at radius 1 is 0.816 bits per heavy atom. The van der Waals surface area contributed by atoms with Crippen molar-refractivity contribution in [3.05, 3.63) is 65.7 Å². The van der Waals surface area contributed by atoms with Crippen molar-refractivity contribution in [3.63, 3.8) is 0 Å². The molecular formula is C34H39NO3. The molecule has 8 rings (SSSR count). The van der Waals surface area contributed by atoms with Gasteiger partial charge in [-0.05, 0) is 140 Å². The first-order chi connectivity index (χ1) is 18.5. The third-order valence-electron chi connectivity index (χ3n) is 10.1. The highest BCUT2D eigenvalue weighted by atomic mass is 16.5. The van der Waals surface area contributed by atoms with Gasteiger partial charge in [0.05, 0.1) is 5.56 Å². The molecule has 0 aromatic heterocycles. The first-order valence-corrected chi connectivity index (χ1v) is 14.8. The summed E-state index contributed by atoms with van der Waals surface area (Å²) in [6, 6.07) is 18.7. The van der Waals surface area contributed by atoms with Gasteiger partial charge in [-0.25, -0.2) is 4.79 Å². The van der Waals surface area contributed by atoms with Crippen LogP contribution in [-0.4, -0.2) is 42.2 Å². The number of aromatic carboxylic acids is 1. The van der Waals surface area contributed by atoms with Gasteiger partial charge in [0.1, 0.15) is 12.4 Å². The molecule has 3 aromatic rings. The largest absolute Gasteiger partial charge is 0.492 e. The van der Waals surface area contributed by atoms with Gasteiger partial charge in [0.25, 0.3) is 0 Å². The van der Waals surface area contributed by atoms with Crippen molar-refractivity contribution < 1.29 is 14.6 Å². The van der Waals surface area contributed by atoms with E-state index < -0.39 is 5.97 Å². The first kappa shape index (κ1) is 24.2. The number of nitrogens with zero attached hydrogens (tertiary/aromatic N) is 1. The number of benzene rings is 3. The standard InChI is InChI=1S/C34H39NO3/c36-33(37)27-6-4-26(5-7-27)28-8-9-29-19-32(38-13-12-35-10-2-1-3-11-35)31(18-30(29)17-28)34-20-23-14-24(21-34)16-25(15-23)22-34/h4-9,17-19,23-25H,1-3,10-16,20-22H2,(H,36,37). The van der Waals surface area contributed by atoms with Crippen molar-refractivity contribution in [2.75, 3.05) is 26.2 Å². The lowest BCUT2D eigenvalue weighted by Crippen LogP contribution is -2.48. The topological polar surface area (TPSA) is 49.8 Å². The fourth-order valence-electron chi connectivity index (χ4n) is 8.70. The van der Waals surface area contributed by atoms with Gasteiger partial charge in [-0.1, -0.05) is 30.7 Å². The maximum atomic E-state index is 11.3. The highest BCUT2D eigenvalue weighted by Gasteiger charge is 2.52. The lowest BCUT2D eigenvalue weighted by molar-refractivity contribution is -0.00640. The van der Waals surface area contributed by atoms with Gasteiger partial charge in [-0.2, -0.15) is 0 Å². The summed E-state index contributed by atoms with van der Waals surface area (Å²) in [6.45, 7) is 4.20. The van der Waals surface area contributed by atoms with Crippen LogP contribution in [0.2, 0.25) is 0 Å². The van der Waals surface area contributed by atoms with Gasteiger partial charge >= 0.3 is 5.97 Å². The molecule has 4 heteroatoms. The summed E-state index contributed by atoms with van der Waals surface area (Å²) in [4.78, 5) is 13.9. The second-order valence-corrected chi connectivity index (χ2v) is 12.7. The molecule has 4 nitrogen and oxygen atoms in total. The van der Waals surface area contributed by atoms with E-state index in [2.05, 4.69) is 35.2 Å². The van der Waals surface area contributed by atoms with E-state index in [0.717, 1.165) is 47.8 Å². The average molecular weight is 510 g/mol. The van der Waals surface area contributed by atoms with Crippen LogP contribution >= 0.6 is 0 Å². The third kappa shape index (κ3) is 4.51. The molecular weight excluding hydrogens is 470 g/mol. The third-order valence-corrected chi connectivity index (χ3v) is 10.1. The quantitative estimate of drug-likeness (QED) is 0.357. The molecule has 1 N–H and O–H groups in total. The number of fused-ring (bicyclic) bond motifs is 1. The van der Waals surface area contributed by atoms with E-state index in [9.17, 15) is 9.90 Å². The van der Waals surface area contributed by atoms with Crippen LogP contribution in [0.5, 0.6) is 5.75 Å². The van der Waals surface area contributed by atoms with Gasteiger partial charge in [0.2, 0.25) is 0 Å². The van der Waals surface area contributed by atoms with Crippen LogP contribution in [0.3, 0.4) is 0 Å². The van der Waals surface area contributed by atoms with Crippen molar-refractivity contribution >= 4 is 16.7 Å². The predicted molar refractivity (Wildman–Crippen MR) is 152 cm³/mol. The highest BCUT2D eigenvalue weighted by Crippen LogP contribution is 2.62. The molecule has 1 saturated heterocycles. The summed E-state index contributed by atoms with van der Waals surface area (Å²) >= 11 is 0. The molecule has 38 heavy (non-hydrogen) atoms. The monoisotopic (exact) mass is 509 g/mol. The number of rotatable bonds is 7. The zero-order valence-electron chi connectivity index (χ0n) is 22.3. The summed E-state index contributed by atoms with van der Waals surface area (Å²) in [6.07, 6.45) is 12.3. The minimum absolute atomic E-state index is 0.266. The zero-order valence-corrected chi connectivity index (χ0v) is 22.3. The van der Waals surface area contributed by atoms with Gasteiger partial charge in [0, 0.05) is 12.1 Å². The Balaban J connectivity index is 1.24. The summed E-state index contributed by atoms with van der Waals surface area (Å²) in [5.74, 6) is 2.89. The van der Waals surface area contributed by atoms with Crippen LogP contribution in [0.4, 0.5) is 0 Å². The van der Waals surface area contributed by atoms with Crippen LogP contribution in [0.15, 0.2) is 54.6 Å². The minimum Gasteiger partial charge on any atom is -0.492 e. The number of carbonyl (C=O) groups is 1. The van der Waals surface area contributed by atoms with Gasteiger partial charge in [-0.3, -0.25) is 4.90 Å². The molecule has 4 aliphatic carbocycles. The summed E-state index contributed by atoms with van der Waals surface area (Å²) < 4.78 is 6.69. The summed E-state index contributed by atoms with van der Waals surface area (Å²) in [5, 5.41) is 11.8. The molecule has 0 atom stereocenters. The van der Waals surface area contributed by atoms with Crippen molar-refractivity contribution in [1.82, 2.24) is 4.90 Å². The van der Waals surface area contributed by atoms with Crippen LogP contribution in [0, 0.1) is 17.8 Å².